The van der Waals surface area contributed by atoms with Gasteiger partial charge in [0.05, 0.1) is 31.0 Å². The van der Waals surface area contributed by atoms with Crippen molar-refractivity contribution in [3.63, 3.8) is 0 Å². The number of aromatic nitrogens is 2. The van der Waals surface area contributed by atoms with Crippen LogP contribution in [0.2, 0.25) is 0 Å². The van der Waals surface area contributed by atoms with Gasteiger partial charge in [0.1, 0.15) is 5.75 Å². The van der Waals surface area contributed by atoms with E-state index in [9.17, 15) is 0 Å². The van der Waals surface area contributed by atoms with E-state index in [0.717, 1.165) is 53.9 Å². The van der Waals surface area contributed by atoms with Crippen LogP contribution in [0.25, 0.3) is 5.69 Å². The fourth-order valence-electron chi connectivity index (χ4n) is 4.54. The van der Waals surface area contributed by atoms with Crippen molar-refractivity contribution in [3.05, 3.63) is 78.4 Å². The molecule has 0 unspecified atom stereocenters. The Kier molecular flexibility index (Phi) is 5.61. The Labute approximate surface area is 187 Å². The molecule has 1 aromatic carbocycles. The van der Waals surface area contributed by atoms with E-state index in [2.05, 4.69) is 56.3 Å². The lowest BCUT2D eigenvalue weighted by molar-refractivity contribution is 0.0836. The second-order valence-corrected chi connectivity index (χ2v) is 8.30. The first-order valence-corrected chi connectivity index (χ1v) is 11.1. The van der Waals surface area contributed by atoms with Gasteiger partial charge in [-0.1, -0.05) is 6.07 Å². The van der Waals surface area contributed by atoms with Gasteiger partial charge in [-0.2, -0.15) is 0 Å². The number of benzene rings is 1. The Balaban J connectivity index is 1.55. The van der Waals surface area contributed by atoms with Gasteiger partial charge < -0.3 is 24.3 Å². The standard InChI is InChI=1S/C24H26N4O2S/c1-29-18-11-9-17(10-12-18)27-14-4-8-21(27)23-22(20-7-2-3-13-25-20)26-24(31)28(23)16-19-6-5-15-30-19/h2-4,7-14,19,22-23H,5-6,15-16H2,1H3,(H,26,31)/t19-,22+,23-/m0/s1. The third-order valence-electron chi connectivity index (χ3n) is 6.06. The monoisotopic (exact) mass is 434 g/mol. The third-order valence-corrected chi connectivity index (χ3v) is 6.41. The molecule has 5 rings (SSSR count). The number of rotatable bonds is 6. The zero-order valence-electron chi connectivity index (χ0n) is 17.5. The topological polar surface area (TPSA) is 51.5 Å². The number of ether oxygens (including phenoxy) is 2. The van der Waals surface area contributed by atoms with Gasteiger partial charge in [0.25, 0.3) is 0 Å². The molecule has 3 aromatic rings. The van der Waals surface area contributed by atoms with E-state index in [1.54, 1.807) is 7.11 Å². The smallest absolute Gasteiger partial charge is 0.170 e. The lowest BCUT2D eigenvalue weighted by Crippen LogP contribution is -2.36. The molecule has 2 aromatic heterocycles. The van der Waals surface area contributed by atoms with Crippen LogP contribution in [-0.4, -0.2) is 45.9 Å². The summed E-state index contributed by atoms with van der Waals surface area (Å²) in [4.78, 5) is 6.92. The molecule has 0 amide bonds. The van der Waals surface area contributed by atoms with Gasteiger partial charge in [-0.15, -0.1) is 0 Å². The summed E-state index contributed by atoms with van der Waals surface area (Å²) in [5.74, 6) is 0.840. The fraction of sp³-hybridized carbons (Fsp3) is 0.333. The average Bonchev–Trinajstić information content (AvgIpc) is 3.56. The van der Waals surface area contributed by atoms with E-state index in [4.69, 9.17) is 21.7 Å². The number of hydrogen-bond acceptors (Lipinski definition) is 4. The minimum atomic E-state index is -0.0398. The van der Waals surface area contributed by atoms with E-state index in [1.165, 1.54) is 0 Å². The van der Waals surface area contributed by atoms with E-state index < -0.39 is 0 Å². The van der Waals surface area contributed by atoms with Crippen LogP contribution in [-0.2, 0) is 4.74 Å². The molecule has 2 saturated heterocycles. The van der Waals surface area contributed by atoms with Gasteiger partial charge in [0.15, 0.2) is 5.11 Å². The van der Waals surface area contributed by atoms with E-state index in [-0.39, 0.29) is 18.2 Å². The predicted molar refractivity (Wildman–Crippen MR) is 123 cm³/mol. The summed E-state index contributed by atoms with van der Waals surface area (Å²) in [6.45, 7) is 1.60. The van der Waals surface area contributed by atoms with E-state index in [1.807, 2.05) is 30.5 Å². The van der Waals surface area contributed by atoms with Gasteiger partial charge >= 0.3 is 0 Å². The van der Waals surface area contributed by atoms with Gasteiger partial charge in [-0.3, -0.25) is 4.98 Å². The van der Waals surface area contributed by atoms with Gasteiger partial charge in [-0.05, 0) is 73.6 Å². The first-order chi connectivity index (χ1) is 15.2. The summed E-state index contributed by atoms with van der Waals surface area (Å²) in [7, 11) is 1.68. The summed E-state index contributed by atoms with van der Waals surface area (Å²) >= 11 is 5.80. The highest BCUT2D eigenvalue weighted by Gasteiger charge is 2.42. The lowest BCUT2D eigenvalue weighted by Gasteiger charge is -2.30. The molecule has 4 heterocycles. The number of thiocarbonyl (C=S) groups is 1. The summed E-state index contributed by atoms with van der Waals surface area (Å²) in [5.41, 5.74) is 3.22. The Bertz CT molecular complexity index is 1030. The Morgan fingerprint density at radius 3 is 2.74 bits per heavy atom. The predicted octanol–water partition coefficient (Wildman–Crippen LogP) is 4.03. The highest BCUT2D eigenvalue weighted by molar-refractivity contribution is 7.80. The minimum Gasteiger partial charge on any atom is -0.497 e. The second kappa shape index (κ2) is 8.69. The van der Waals surface area contributed by atoms with Crippen LogP contribution >= 0.6 is 12.2 Å². The summed E-state index contributed by atoms with van der Waals surface area (Å²) in [6, 6.07) is 18.4. The number of nitrogens with zero attached hydrogens (tertiary/aromatic N) is 3. The molecule has 6 nitrogen and oxygen atoms in total. The number of nitrogens with one attached hydrogen (secondary N) is 1. The van der Waals surface area contributed by atoms with Crippen LogP contribution in [0.3, 0.4) is 0 Å². The van der Waals surface area contributed by atoms with Crippen molar-refractivity contribution in [3.8, 4) is 11.4 Å². The molecule has 0 radical (unpaired) electrons. The minimum absolute atomic E-state index is 0.00343. The number of methoxy groups -OCH3 is 1. The molecule has 2 fully saturated rings. The van der Waals surface area contributed by atoms with Crippen LogP contribution in [0, 0.1) is 0 Å². The fourth-order valence-corrected chi connectivity index (χ4v) is 4.86. The molecule has 31 heavy (non-hydrogen) atoms. The molecular formula is C24H26N4O2S. The molecule has 2 aliphatic heterocycles. The number of pyridine rings is 1. The maximum Gasteiger partial charge on any atom is 0.170 e. The van der Waals surface area contributed by atoms with Crippen LogP contribution in [0.15, 0.2) is 67.0 Å². The van der Waals surface area contributed by atoms with Crippen molar-refractivity contribution in [2.24, 2.45) is 0 Å². The third kappa shape index (κ3) is 3.91. The van der Waals surface area contributed by atoms with Crippen molar-refractivity contribution >= 4 is 17.3 Å². The highest BCUT2D eigenvalue weighted by atomic mass is 32.1. The van der Waals surface area contributed by atoms with Crippen molar-refractivity contribution < 1.29 is 9.47 Å². The van der Waals surface area contributed by atoms with Crippen molar-refractivity contribution in [2.75, 3.05) is 20.3 Å². The van der Waals surface area contributed by atoms with E-state index in [0.29, 0.717) is 0 Å². The first-order valence-electron chi connectivity index (χ1n) is 10.7. The SMILES string of the molecule is COc1ccc(-n2cccc2[C@H]2[C@@H](c3ccccn3)NC(=S)N2C[C@@H]2CCCO2)cc1. The van der Waals surface area contributed by atoms with Crippen molar-refractivity contribution in [1.82, 2.24) is 19.8 Å². The molecule has 3 atom stereocenters. The van der Waals surface area contributed by atoms with Crippen LogP contribution < -0.4 is 10.1 Å². The molecule has 0 saturated carbocycles. The average molecular weight is 435 g/mol. The number of hydrogen-bond donors (Lipinski definition) is 1. The Morgan fingerprint density at radius 2 is 2.03 bits per heavy atom. The summed E-state index contributed by atoms with van der Waals surface area (Å²) in [6.07, 6.45) is 6.31. The van der Waals surface area contributed by atoms with Crippen LogP contribution in [0.1, 0.15) is 36.3 Å². The van der Waals surface area contributed by atoms with E-state index >= 15 is 0 Å². The van der Waals surface area contributed by atoms with Crippen molar-refractivity contribution in [2.45, 2.75) is 31.0 Å². The first kappa shape index (κ1) is 20.0. The zero-order chi connectivity index (χ0) is 21.2. The zero-order valence-corrected chi connectivity index (χ0v) is 18.3. The Morgan fingerprint density at radius 1 is 1.16 bits per heavy atom. The van der Waals surface area contributed by atoms with Gasteiger partial charge in [0.2, 0.25) is 0 Å². The molecule has 0 spiro atoms. The molecule has 7 heteroatoms. The summed E-state index contributed by atoms with van der Waals surface area (Å²) in [5, 5.41) is 4.28. The highest BCUT2D eigenvalue weighted by Crippen LogP contribution is 2.40. The molecule has 1 N–H and O–H groups in total. The molecular weight excluding hydrogens is 408 g/mol. The van der Waals surface area contributed by atoms with Crippen LogP contribution in [0.4, 0.5) is 0 Å². The molecule has 2 aliphatic rings. The van der Waals surface area contributed by atoms with Gasteiger partial charge in [-0.25, -0.2) is 0 Å². The summed E-state index contributed by atoms with van der Waals surface area (Å²) < 4.78 is 13.5. The molecule has 160 valence electrons. The quantitative estimate of drug-likeness (QED) is 0.591. The maximum absolute atomic E-state index is 5.94. The van der Waals surface area contributed by atoms with Crippen molar-refractivity contribution in [1.29, 1.82) is 0 Å². The largest absolute Gasteiger partial charge is 0.497 e. The lowest BCUT2D eigenvalue weighted by atomic mass is 10.0. The molecule has 0 aliphatic carbocycles. The van der Waals surface area contributed by atoms with Gasteiger partial charge in [0, 0.05) is 36.9 Å². The van der Waals surface area contributed by atoms with Crippen LogP contribution in [0.5, 0.6) is 5.75 Å². The molecule has 0 bridgehead atoms. The maximum atomic E-state index is 5.94. The Hall–Kier alpha value is -2.90. The second-order valence-electron chi connectivity index (χ2n) is 7.92. The normalized spacial score (nSPS) is 23.2.